The second-order valence-corrected chi connectivity index (χ2v) is 8.12. The maximum absolute atomic E-state index is 12.9. The molecule has 8 nitrogen and oxygen atoms in total. The normalized spacial score (nSPS) is 16.4. The molecule has 9 heteroatoms. The van der Waals surface area contributed by atoms with Gasteiger partial charge in [0.05, 0.1) is 23.1 Å². The lowest BCUT2D eigenvalue weighted by molar-refractivity contribution is -0.135. The molecule has 1 saturated heterocycles. The molecule has 1 aromatic carbocycles. The van der Waals surface area contributed by atoms with Gasteiger partial charge < -0.3 is 10.2 Å². The van der Waals surface area contributed by atoms with Gasteiger partial charge in [0.1, 0.15) is 12.4 Å². The molecule has 0 spiro atoms. The van der Waals surface area contributed by atoms with Crippen LogP contribution in [-0.4, -0.2) is 44.3 Å². The summed E-state index contributed by atoms with van der Waals surface area (Å²) in [6, 6.07) is 10.7. The van der Waals surface area contributed by atoms with Crippen LogP contribution in [0.2, 0.25) is 0 Å². The lowest BCUT2D eigenvalue weighted by Crippen LogP contribution is -2.45. The number of carbonyl (C=O) groups excluding carboxylic acids is 2. The molecular weight excluding hydrogens is 450 g/mol. The highest BCUT2D eigenvalue weighted by atomic mass is 79.9. The molecule has 3 aromatic rings. The summed E-state index contributed by atoms with van der Waals surface area (Å²) in [6.45, 7) is 0.806. The number of carbonyl (C=O) groups is 2. The summed E-state index contributed by atoms with van der Waals surface area (Å²) in [5, 5.41) is 2.81. The van der Waals surface area contributed by atoms with Crippen molar-refractivity contribution in [1.29, 1.82) is 0 Å². The Bertz CT molecular complexity index is 1150. The van der Waals surface area contributed by atoms with Gasteiger partial charge in [-0.3, -0.25) is 19.0 Å². The molecule has 0 bridgehead atoms. The maximum atomic E-state index is 12.9. The van der Waals surface area contributed by atoms with Gasteiger partial charge >= 0.3 is 0 Å². The van der Waals surface area contributed by atoms with Gasteiger partial charge in [-0.15, -0.1) is 0 Å². The zero-order valence-electron chi connectivity index (χ0n) is 16.1. The highest BCUT2D eigenvalue weighted by Gasteiger charge is 2.29. The molecule has 4 rings (SSSR count). The molecule has 1 aliphatic heterocycles. The van der Waals surface area contributed by atoms with Gasteiger partial charge in [0.15, 0.2) is 0 Å². The van der Waals surface area contributed by atoms with Gasteiger partial charge in [-0.2, -0.15) is 0 Å². The molecule has 154 valence electrons. The van der Waals surface area contributed by atoms with Gasteiger partial charge in [0, 0.05) is 23.8 Å². The van der Waals surface area contributed by atoms with Crippen LogP contribution in [0.3, 0.4) is 0 Å². The van der Waals surface area contributed by atoms with Crippen molar-refractivity contribution >= 4 is 44.6 Å². The number of piperidine rings is 1. The monoisotopic (exact) mass is 469 g/mol. The number of fused-ring (bicyclic) bond motifs is 1. The van der Waals surface area contributed by atoms with Gasteiger partial charge in [-0.05, 0) is 53.0 Å². The highest BCUT2D eigenvalue weighted by molar-refractivity contribution is 9.10. The SMILES string of the molecule is O=C(Nc1ccc(Br)cn1)C1CCCN(C(=O)Cn2c(=O)cnc3ccccc32)C1. The number of rotatable bonds is 4. The summed E-state index contributed by atoms with van der Waals surface area (Å²) in [5.41, 5.74) is 0.948. The number of nitrogens with one attached hydrogen (secondary N) is 1. The number of likely N-dealkylation sites (tertiary alicyclic amines) is 1. The molecule has 2 aromatic heterocycles. The number of para-hydroxylation sites is 2. The van der Waals surface area contributed by atoms with Crippen LogP contribution in [0.15, 0.2) is 58.1 Å². The van der Waals surface area contributed by atoms with Gasteiger partial charge in [-0.25, -0.2) is 9.97 Å². The van der Waals surface area contributed by atoms with E-state index in [0.29, 0.717) is 36.4 Å². The molecule has 0 radical (unpaired) electrons. The van der Waals surface area contributed by atoms with E-state index >= 15 is 0 Å². The van der Waals surface area contributed by atoms with E-state index < -0.39 is 0 Å². The fourth-order valence-corrected chi connectivity index (χ4v) is 3.84. The van der Waals surface area contributed by atoms with E-state index in [1.54, 1.807) is 35.4 Å². The molecule has 0 saturated carbocycles. The van der Waals surface area contributed by atoms with Gasteiger partial charge in [-0.1, -0.05) is 12.1 Å². The molecule has 2 amide bonds. The van der Waals surface area contributed by atoms with E-state index in [2.05, 4.69) is 31.2 Å². The first kappa shape index (κ1) is 20.2. The Morgan fingerprint density at radius 1 is 1.13 bits per heavy atom. The second-order valence-electron chi connectivity index (χ2n) is 7.20. The molecular formula is C21H20BrN5O3. The predicted octanol–water partition coefficient (Wildman–Crippen LogP) is 2.43. The van der Waals surface area contributed by atoms with Crippen molar-refractivity contribution in [3.63, 3.8) is 0 Å². The van der Waals surface area contributed by atoms with Crippen molar-refractivity contribution in [3.8, 4) is 0 Å². The van der Waals surface area contributed by atoms with Gasteiger partial charge in [0.2, 0.25) is 11.8 Å². The number of amides is 2. The number of halogens is 1. The molecule has 3 heterocycles. The smallest absolute Gasteiger partial charge is 0.269 e. The Hall–Kier alpha value is -3.07. The number of hydrogen-bond donors (Lipinski definition) is 1. The van der Waals surface area contributed by atoms with Crippen molar-refractivity contribution in [2.24, 2.45) is 5.92 Å². The zero-order chi connectivity index (χ0) is 21.1. The van der Waals surface area contributed by atoms with Crippen LogP contribution in [0.4, 0.5) is 5.82 Å². The average molecular weight is 470 g/mol. The third-order valence-corrected chi connectivity index (χ3v) is 5.64. The summed E-state index contributed by atoms with van der Waals surface area (Å²) in [4.78, 5) is 47.8. The van der Waals surface area contributed by atoms with Crippen LogP contribution in [-0.2, 0) is 16.1 Å². The summed E-state index contributed by atoms with van der Waals surface area (Å²) >= 11 is 3.31. The van der Waals surface area contributed by atoms with E-state index in [4.69, 9.17) is 0 Å². The zero-order valence-corrected chi connectivity index (χ0v) is 17.7. The van der Waals surface area contributed by atoms with Crippen LogP contribution in [0.1, 0.15) is 12.8 Å². The summed E-state index contributed by atoms with van der Waals surface area (Å²) in [6.07, 6.45) is 4.27. The van der Waals surface area contributed by atoms with Crippen molar-refractivity contribution in [3.05, 3.63) is 63.6 Å². The van der Waals surface area contributed by atoms with Crippen molar-refractivity contribution < 1.29 is 9.59 Å². The van der Waals surface area contributed by atoms with E-state index in [1.165, 1.54) is 10.8 Å². The maximum Gasteiger partial charge on any atom is 0.269 e. The lowest BCUT2D eigenvalue weighted by Gasteiger charge is -2.32. The fourth-order valence-electron chi connectivity index (χ4n) is 3.61. The fraction of sp³-hybridized carbons (Fsp3) is 0.286. The average Bonchev–Trinajstić information content (AvgIpc) is 2.77. The highest BCUT2D eigenvalue weighted by Crippen LogP contribution is 2.20. The van der Waals surface area contributed by atoms with E-state index in [9.17, 15) is 14.4 Å². The van der Waals surface area contributed by atoms with Crippen LogP contribution in [0, 0.1) is 5.92 Å². The third-order valence-electron chi connectivity index (χ3n) is 5.17. The second kappa shape index (κ2) is 8.74. The van der Waals surface area contributed by atoms with Crippen LogP contribution in [0.5, 0.6) is 0 Å². The van der Waals surface area contributed by atoms with Crippen molar-refractivity contribution in [2.45, 2.75) is 19.4 Å². The minimum atomic E-state index is -0.324. The summed E-state index contributed by atoms with van der Waals surface area (Å²) < 4.78 is 2.26. The van der Waals surface area contributed by atoms with E-state index in [0.717, 1.165) is 10.9 Å². The Kier molecular flexibility index (Phi) is 5.89. The minimum absolute atomic E-state index is 0.0789. The predicted molar refractivity (Wildman–Crippen MR) is 116 cm³/mol. The first-order valence-corrected chi connectivity index (χ1v) is 10.5. The number of nitrogens with zero attached hydrogens (tertiary/aromatic N) is 4. The number of benzene rings is 1. The van der Waals surface area contributed by atoms with Crippen molar-refractivity contribution in [1.82, 2.24) is 19.4 Å². The van der Waals surface area contributed by atoms with E-state index in [-0.39, 0.29) is 29.8 Å². The molecule has 1 atom stereocenters. The van der Waals surface area contributed by atoms with Crippen LogP contribution < -0.4 is 10.9 Å². The standard InChI is InChI=1S/C21H20BrN5O3/c22-15-7-8-18(24-10-15)25-21(30)14-4-3-9-26(12-14)20(29)13-27-17-6-2-1-5-16(17)23-11-19(27)28/h1-2,5-8,10-11,14H,3-4,9,12-13H2,(H,24,25,30). The first-order valence-electron chi connectivity index (χ1n) is 9.66. The number of anilines is 1. The van der Waals surface area contributed by atoms with E-state index in [1.807, 2.05) is 12.1 Å². The topological polar surface area (TPSA) is 97.2 Å². The van der Waals surface area contributed by atoms with Crippen LogP contribution in [0.25, 0.3) is 11.0 Å². The molecule has 1 unspecified atom stereocenters. The number of pyridine rings is 1. The summed E-state index contributed by atoms with van der Waals surface area (Å²) in [5.74, 6) is -0.193. The van der Waals surface area contributed by atoms with Crippen LogP contribution >= 0.6 is 15.9 Å². The van der Waals surface area contributed by atoms with Crippen molar-refractivity contribution in [2.75, 3.05) is 18.4 Å². The molecule has 1 aliphatic rings. The Labute approximate surface area is 181 Å². The quantitative estimate of drug-likeness (QED) is 0.632. The molecule has 1 N–H and O–H groups in total. The molecule has 30 heavy (non-hydrogen) atoms. The Balaban J connectivity index is 1.45. The van der Waals surface area contributed by atoms with Gasteiger partial charge in [0.25, 0.3) is 5.56 Å². The Morgan fingerprint density at radius 3 is 2.77 bits per heavy atom. The largest absolute Gasteiger partial charge is 0.340 e. The molecule has 0 aliphatic carbocycles. The minimum Gasteiger partial charge on any atom is -0.340 e. The third kappa shape index (κ3) is 4.40. The molecule has 1 fully saturated rings. The lowest BCUT2D eigenvalue weighted by atomic mass is 9.97. The first-order chi connectivity index (χ1) is 14.5. The number of aromatic nitrogens is 3. The summed E-state index contributed by atoms with van der Waals surface area (Å²) in [7, 11) is 0. The number of hydrogen-bond acceptors (Lipinski definition) is 5. The Morgan fingerprint density at radius 2 is 1.97 bits per heavy atom.